The molecule has 0 aliphatic carbocycles. The number of methoxy groups -OCH3 is 1. The van der Waals surface area contributed by atoms with Crippen LogP contribution in [0.3, 0.4) is 0 Å². The number of anilines is 1. The Hall–Kier alpha value is -3.84. The zero-order chi connectivity index (χ0) is 23.5. The van der Waals surface area contributed by atoms with Crippen LogP contribution < -0.4 is 14.4 Å². The van der Waals surface area contributed by atoms with Gasteiger partial charge in [0.2, 0.25) is 5.91 Å². The Morgan fingerprint density at radius 3 is 2.50 bits per heavy atom. The van der Waals surface area contributed by atoms with E-state index >= 15 is 0 Å². The number of carbonyl (C=O) groups is 1. The Bertz CT molecular complexity index is 1290. The monoisotopic (exact) mass is 457 g/mol. The standard InChI is InChI=1S/C27H27N3O4/c1-33-24-13-7-8-14-25(24)34-18-21(31)17-30-23-12-6-5-11-22(23)28-27(30)19-15-26(32)29(16-19)20-9-3-2-4-10-20/h2-14,19,21,31H,15-18H2,1H3/t19-,21+/m1/s1. The van der Waals surface area contributed by atoms with E-state index in [2.05, 4.69) is 0 Å². The molecule has 7 nitrogen and oxygen atoms in total. The number of ether oxygens (including phenoxy) is 2. The van der Waals surface area contributed by atoms with Gasteiger partial charge in [-0.25, -0.2) is 4.98 Å². The summed E-state index contributed by atoms with van der Waals surface area (Å²) in [6.07, 6.45) is -0.393. The molecule has 4 aromatic rings. The predicted octanol–water partition coefficient (Wildman–Crippen LogP) is 4.01. The smallest absolute Gasteiger partial charge is 0.227 e. The normalized spacial score (nSPS) is 16.7. The fraction of sp³-hybridized carbons (Fsp3) is 0.259. The molecular formula is C27H27N3O4. The van der Waals surface area contributed by atoms with Gasteiger partial charge in [0.05, 0.1) is 24.7 Å². The number of carbonyl (C=O) groups excluding carboxylic acids is 1. The molecule has 0 saturated carbocycles. The molecule has 7 heteroatoms. The lowest BCUT2D eigenvalue weighted by molar-refractivity contribution is -0.117. The van der Waals surface area contributed by atoms with Crippen LogP contribution in [0.2, 0.25) is 0 Å². The molecule has 34 heavy (non-hydrogen) atoms. The molecule has 3 aromatic carbocycles. The topological polar surface area (TPSA) is 76.8 Å². The minimum Gasteiger partial charge on any atom is -0.493 e. The van der Waals surface area contributed by atoms with Crippen molar-refractivity contribution in [2.75, 3.05) is 25.2 Å². The molecule has 5 rings (SSSR count). The van der Waals surface area contributed by atoms with Crippen LogP contribution in [0.5, 0.6) is 11.5 Å². The van der Waals surface area contributed by atoms with E-state index in [1.807, 2.05) is 88.3 Å². The molecule has 0 bridgehead atoms. The van der Waals surface area contributed by atoms with Crippen molar-refractivity contribution in [3.63, 3.8) is 0 Å². The number of aliphatic hydroxyl groups excluding tert-OH is 1. The van der Waals surface area contributed by atoms with Gasteiger partial charge in [-0.3, -0.25) is 4.79 Å². The SMILES string of the molecule is COc1ccccc1OC[C@@H](O)Cn1c([C@@H]2CC(=O)N(c3ccccc3)C2)nc2ccccc21. The molecule has 1 fully saturated rings. The van der Waals surface area contributed by atoms with Crippen molar-refractivity contribution in [2.24, 2.45) is 0 Å². The number of imidazole rings is 1. The Balaban J connectivity index is 1.38. The van der Waals surface area contributed by atoms with Crippen LogP contribution in [0.1, 0.15) is 18.2 Å². The van der Waals surface area contributed by atoms with Crippen molar-refractivity contribution in [3.8, 4) is 11.5 Å². The van der Waals surface area contributed by atoms with Gasteiger partial charge in [-0.1, -0.05) is 42.5 Å². The van der Waals surface area contributed by atoms with Gasteiger partial charge >= 0.3 is 0 Å². The molecule has 1 aromatic heterocycles. The number of aliphatic hydroxyl groups is 1. The molecule has 1 aliphatic heterocycles. The highest BCUT2D eigenvalue weighted by Crippen LogP contribution is 2.33. The van der Waals surface area contributed by atoms with Crippen molar-refractivity contribution in [1.82, 2.24) is 9.55 Å². The minimum atomic E-state index is -0.774. The quantitative estimate of drug-likeness (QED) is 0.433. The lowest BCUT2D eigenvalue weighted by Gasteiger charge is -2.19. The van der Waals surface area contributed by atoms with Crippen LogP contribution >= 0.6 is 0 Å². The second-order valence-electron chi connectivity index (χ2n) is 8.43. The van der Waals surface area contributed by atoms with Crippen LogP contribution in [-0.2, 0) is 11.3 Å². The second kappa shape index (κ2) is 9.57. The number of hydrogen-bond acceptors (Lipinski definition) is 5. The van der Waals surface area contributed by atoms with E-state index in [0.717, 1.165) is 22.5 Å². The first-order chi connectivity index (χ1) is 16.6. The molecule has 174 valence electrons. The van der Waals surface area contributed by atoms with Crippen molar-refractivity contribution in [3.05, 3.63) is 84.7 Å². The van der Waals surface area contributed by atoms with E-state index in [9.17, 15) is 9.90 Å². The summed E-state index contributed by atoms with van der Waals surface area (Å²) in [5, 5.41) is 10.9. The maximum atomic E-state index is 12.8. The zero-order valence-corrected chi connectivity index (χ0v) is 19.0. The van der Waals surface area contributed by atoms with E-state index in [0.29, 0.717) is 31.0 Å². The van der Waals surface area contributed by atoms with Gasteiger partial charge in [-0.05, 0) is 36.4 Å². The van der Waals surface area contributed by atoms with E-state index in [1.54, 1.807) is 7.11 Å². The number of aromatic nitrogens is 2. The highest BCUT2D eigenvalue weighted by molar-refractivity contribution is 5.96. The third-order valence-electron chi connectivity index (χ3n) is 6.14. The number of benzene rings is 3. The predicted molar refractivity (Wildman–Crippen MR) is 130 cm³/mol. The third-order valence-corrected chi connectivity index (χ3v) is 6.14. The van der Waals surface area contributed by atoms with Crippen LogP contribution in [0.15, 0.2) is 78.9 Å². The summed E-state index contributed by atoms with van der Waals surface area (Å²) < 4.78 is 13.2. The van der Waals surface area contributed by atoms with Crippen molar-refractivity contribution >= 4 is 22.6 Å². The molecule has 1 aliphatic rings. The van der Waals surface area contributed by atoms with Gasteiger partial charge in [0, 0.05) is 24.6 Å². The van der Waals surface area contributed by atoms with Crippen LogP contribution in [-0.4, -0.2) is 46.9 Å². The Morgan fingerprint density at radius 2 is 1.71 bits per heavy atom. The average Bonchev–Trinajstić information content (AvgIpc) is 3.44. The van der Waals surface area contributed by atoms with E-state index < -0.39 is 6.10 Å². The highest BCUT2D eigenvalue weighted by Gasteiger charge is 2.35. The first-order valence-electron chi connectivity index (χ1n) is 11.4. The zero-order valence-electron chi connectivity index (χ0n) is 19.0. The van der Waals surface area contributed by atoms with Gasteiger partial charge in [-0.15, -0.1) is 0 Å². The van der Waals surface area contributed by atoms with Crippen molar-refractivity contribution in [2.45, 2.75) is 25.0 Å². The molecule has 1 amide bonds. The fourth-order valence-electron chi connectivity index (χ4n) is 4.52. The Kier molecular flexibility index (Phi) is 6.18. The number of rotatable bonds is 8. The summed E-state index contributed by atoms with van der Waals surface area (Å²) in [7, 11) is 1.59. The summed E-state index contributed by atoms with van der Waals surface area (Å²) in [6.45, 7) is 0.965. The maximum Gasteiger partial charge on any atom is 0.227 e. The summed E-state index contributed by atoms with van der Waals surface area (Å²) in [6, 6.07) is 24.9. The third kappa shape index (κ3) is 4.34. The number of nitrogens with zero attached hydrogens (tertiary/aromatic N) is 3. The summed E-state index contributed by atoms with van der Waals surface area (Å²) >= 11 is 0. The van der Waals surface area contributed by atoms with E-state index in [-0.39, 0.29) is 18.4 Å². The lowest BCUT2D eigenvalue weighted by Crippen LogP contribution is -2.26. The first-order valence-corrected chi connectivity index (χ1v) is 11.4. The summed E-state index contributed by atoms with van der Waals surface area (Å²) in [4.78, 5) is 19.5. The van der Waals surface area contributed by atoms with Crippen LogP contribution in [0, 0.1) is 0 Å². The Labute approximate surface area is 198 Å². The molecular weight excluding hydrogens is 430 g/mol. The molecule has 0 spiro atoms. The summed E-state index contributed by atoms with van der Waals surface area (Å²) in [5.41, 5.74) is 2.67. The highest BCUT2D eigenvalue weighted by atomic mass is 16.5. The van der Waals surface area contributed by atoms with Gasteiger partial charge in [0.15, 0.2) is 11.5 Å². The molecule has 0 radical (unpaired) electrons. The number of fused-ring (bicyclic) bond motifs is 1. The van der Waals surface area contributed by atoms with Crippen molar-refractivity contribution in [1.29, 1.82) is 0 Å². The fourth-order valence-corrected chi connectivity index (χ4v) is 4.52. The van der Waals surface area contributed by atoms with Crippen molar-refractivity contribution < 1.29 is 19.4 Å². The lowest BCUT2D eigenvalue weighted by atomic mass is 10.1. The van der Waals surface area contributed by atoms with Crippen LogP contribution in [0.4, 0.5) is 5.69 Å². The van der Waals surface area contributed by atoms with Crippen LogP contribution in [0.25, 0.3) is 11.0 Å². The van der Waals surface area contributed by atoms with Gasteiger partial charge in [0.25, 0.3) is 0 Å². The first kappa shape index (κ1) is 22.0. The molecule has 0 unspecified atom stereocenters. The van der Waals surface area contributed by atoms with Gasteiger partial charge < -0.3 is 24.0 Å². The van der Waals surface area contributed by atoms with Gasteiger partial charge in [0.1, 0.15) is 18.5 Å². The van der Waals surface area contributed by atoms with E-state index in [4.69, 9.17) is 14.5 Å². The summed E-state index contributed by atoms with van der Waals surface area (Å²) in [5.74, 6) is 2.02. The number of amides is 1. The largest absolute Gasteiger partial charge is 0.493 e. The average molecular weight is 458 g/mol. The molecule has 1 saturated heterocycles. The number of hydrogen-bond donors (Lipinski definition) is 1. The molecule has 1 N–H and O–H groups in total. The minimum absolute atomic E-state index is 0.0672. The van der Waals surface area contributed by atoms with Gasteiger partial charge in [-0.2, -0.15) is 0 Å². The molecule has 2 atom stereocenters. The second-order valence-corrected chi connectivity index (χ2v) is 8.43. The number of para-hydroxylation sites is 5. The maximum absolute atomic E-state index is 12.8. The van der Waals surface area contributed by atoms with E-state index in [1.165, 1.54) is 0 Å². The Morgan fingerprint density at radius 1 is 1.00 bits per heavy atom. The molecule has 2 heterocycles.